The van der Waals surface area contributed by atoms with Gasteiger partial charge in [0.05, 0.1) is 18.6 Å². The highest BCUT2D eigenvalue weighted by molar-refractivity contribution is 5.76. The predicted octanol–water partition coefficient (Wildman–Crippen LogP) is 2.85. The summed E-state index contributed by atoms with van der Waals surface area (Å²) >= 11 is 0. The van der Waals surface area contributed by atoms with Crippen LogP contribution in [0.1, 0.15) is 24.8 Å². The standard InChI is InChI=1S/C20H28F3N3O2/c1-28-13-7-19(27)26-8-3-6-18(15-26)25-11-9-24(10-12-25)17-5-2-4-16(14-17)20(21,22)23/h2,4-5,14,18H,3,6-13,15H2,1H3/t18-/m0/s1. The minimum atomic E-state index is -4.32. The van der Waals surface area contributed by atoms with Gasteiger partial charge in [-0.15, -0.1) is 0 Å². The molecule has 2 aliphatic heterocycles. The number of hydrogen-bond acceptors (Lipinski definition) is 4. The van der Waals surface area contributed by atoms with Crippen LogP contribution >= 0.6 is 0 Å². The molecule has 0 radical (unpaired) electrons. The summed E-state index contributed by atoms with van der Waals surface area (Å²) < 4.78 is 43.9. The zero-order valence-corrected chi connectivity index (χ0v) is 16.2. The first-order chi connectivity index (χ1) is 13.4. The maximum atomic E-state index is 13.0. The fraction of sp³-hybridized carbons (Fsp3) is 0.650. The molecule has 2 aliphatic rings. The van der Waals surface area contributed by atoms with Gasteiger partial charge in [0, 0.05) is 58.1 Å². The van der Waals surface area contributed by atoms with Gasteiger partial charge < -0.3 is 14.5 Å². The van der Waals surface area contributed by atoms with Crippen LogP contribution in [0.5, 0.6) is 0 Å². The average molecular weight is 399 g/mol. The van der Waals surface area contributed by atoms with Crippen LogP contribution in [0.2, 0.25) is 0 Å². The molecular formula is C20H28F3N3O2. The van der Waals surface area contributed by atoms with Gasteiger partial charge in [0.25, 0.3) is 0 Å². The summed E-state index contributed by atoms with van der Waals surface area (Å²) in [6, 6.07) is 5.87. The van der Waals surface area contributed by atoms with Crippen LogP contribution < -0.4 is 4.90 Å². The van der Waals surface area contributed by atoms with Gasteiger partial charge in [-0.05, 0) is 31.0 Å². The molecule has 3 rings (SSSR count). The van der Waals surface area contributed by atoms with E-state index in [1.54, 1.807) is 13.2 Å². The van der Waals surface area contributed by atoms with Gasteiger partial charge in [0.1, 0.15) is 0 Å². The van der Waals surface area contributed by atoms with Crippen molar-refractivity contribution in [2.24, 2.45) is 0 Å². The zero-order valence-electron chi connectivity index (χ0n) is 16.2. The van der Waals surface area contributed by atoms with Crippen molar-refractivity contribution in [1.82, 2.24) is 9.80 Å². The largest absolute Gasteiger partial charge is 0.416 e. The molecule has 0 aromatic heterocycles. The van der Waals surface area contributed by atoms with Crippen LogP contribution in [0.3, 0.4) is 0 Å². The Balaban J connectivity index is 1.54. The van der Waals surface area contributed by atoms with Crippen LogP contribution in [0.4, 0.5) is 18.9 Å². The molecule has 1 atom stereocenters. The summed E-state index contributed by atoms with van der Waals surface area (Å²) in [4.78, 5) is 18.6. The maximum Gasteiger partial charge on any atom is 0.416 e. The number of piperidine rings is 1. The fourth-order valence-electron chi connectivity index (χ4n) is 4.05. The Morgan fingerprint density at radius 1 is 1.18 bits per heavy atom. The smallest absolute Gasteiger partial charge is 0.384 e. The normalized spacial score (nSPS) is 21.8. The van der Waals surface area contributed by atoms with E-state index in [0.29, 0.717) is 37.8 Å². The second-order valence-corrected chi connectivity index (χ2v) is 7.45. The maximum absolute atomic E-state index is 13.0. The first-order valence-electron chi connectivity index (χ1n) is 9.81. The highest BCUT2D eigenvalue weighted by atomic mass is 19.4. The molecule has 0 unspecified atom stereocenters. The molecule has 8 heteroatoms. The number of alkyl halides is 3. The third-order valence-electron chi connectivity index (χ3n) is 5.64. The molecule has 0 aliphatic carbocycles. The van der Waals surface area contributed by atoms with Gasteiger partial charge in [-0.25, -0.2) is 0 Å². The number of piperazine rings is 1. The van der Waals surface area contributed by atoms with E-state index >= 15 is 0 Å². The highest BCUT2D eigenvalue weighted by Gasteiger charge is 2.32. The van der Waals surface area contributed by atoms with E-state index in [9.17, 15) is 18.0 Å². The Labute approximate surface area is 164 Å². The van der Waals surface area contributed by atoms with Crippen molar-refractivity contribution in [2.75, 3.05) is 57.9 Å². The second-order valence-electron chi connectivity index (χ2n) is 7.45. The highest BCUT2D eigenvalue weighted by Crippen LogP contribution is 2.32. The van der Waals surface area contributed by atoms with Gasteiger partial charge in [-0.3, -0.25) is 9.69 Å². The van der Waals surface area contributed by atoms with E-state index in [0.717, 1.165) is 45.1 Å². The van der Waals surface area contributed by atoms with Gasteiger partial charge in [0.2, 0.25) is 5.91 Å². The lowest BCUT2D eigenvalue weighted by molar-refractivity contribution is -0.137. The number of amides is 1. The van der Waals surface area contributed by atoms with Crippen molar-refractivity contribution in [2.45, 2.75) is 31.5 Å². The summed E-state index contributed by atoms with van der Waals surface area (Å²) in [6.45, 7) is 4.93. The number of rotatable bonds is 5. The van der Waals surface area contributed by atoms with Crippen molar-refractivity contribution in [3.8, 4) is 0 Å². The second kappa shape index (κ2) is 9.13. The third-order valence-corrected chi connectivity index (χ3v) is 5.64. The first-order valence-corrected chi connectivity index (χ1v) is 9.81. The molecule has 1 amide bonds. The summed E-state index contributed by atoms with van der Waals surface area (Å²) in [5, 5.41) is 0. The number of anilines is 1. The molecule has 0 N–H and O–H groups in total. The van der Waals surface area contributed by atoms with E-state index < -0.39 is 11.7 Å². The molecule has 156 valence electrons. The molecule has 1 aromatic rings. The molecule has 28 heavy (non-hydrogen) atoms. The Kier molecular flexibility index (Phi) is 6.82. The number of ether oxygens (including phenoxy) is 1. The fourth-order valence-corrected chi connectivity index (χ4v) is 4.05. The number of hydrogen-bond donors (Lipinski definition) is 0. The van der Waals surface area contributed by atoms with Crippen LogP contribution in [-0.4, -0.2) is 74.7 Å². The van der Waals surface area contributed by atoms with Crippen molar-refractivity contribution < 1.29 is 22.7 Å². The van der Waals surface area contributed by atoms with Gasteiger partial charge >= 0.3 is 6.18 Å². The van der Waals surface area contributed by atoms with E-state index in [1.165, 1.54) is 12.1 Å². The molecule has 0 spiro atoms. The van der Waals surface area contributed by atoms with Crippen molar-refractivity contribution in [3.05, 3.63) is 29.8 Å². The van der Waals surface area contributed by atoms with Crippen LogP contribution in [0.25, 0.3) is 0 Å². The number of likely N-dealkylation sites (tertiary alicyclic amines) is 1. The van der Waals surface area contributed by atoms with E-state index in [4.69, 9.17) is 4.74 Å². The molecule has 0 bridgehead atoms. The van der Waals surface area contributed by atoms with E-state index in [1.807, 2.05) is 9.80 Å². The Hall–Kier alpha value is -1.80. The van der Waals surface area contributed by atoms with E-state index in [-0.39, 0.29) is 5.91 Å². The minimum absolute atomic E-state index is 0.133. The zero-order chi connectivity index (χ0) is 20.1. The number of halogens is 3. The van der Waals surface area contributed by atoms with Gasteiger partial charge in [0.15, 0.2) is 0 Å². The van der Waals surface area contributed by atoms with Gasteiger partial charge in [-0.2, -0.15) is 13.2 Å². The predicted molar refractivity (Wildman–Crippen MR) is 101 cm³/mol. The van der Waals surface area contributed by atoms with Gasteiger partial charge in [-0.1, -0.05) is 6.07 Å². The number of benzene rings is 1. The molecule has 5 nitrogen and oxygen atoms in total. The SMILES string of the molecule is COCCC(=O)N1CCC[C@H](N2CCN(c3cccc(C(F)(F)F)c3)CC2)C1. The lowest BCUT2D eigenvalue weighted by Crippen LogP contribution is -2.56. The molecule has 1 aromatic carbocycles. The lowest BCUT2D eigenvalue weighted by atomic mass is 10.0. The Morgan fingerprint density at radius 3 is 2.61 bits per heavy atom. The monoisotopic (exact) mass is 399 g/mol. The third kappa shape index (κ3) is 5.17. The van der Waals surface area contributed by atoms with Crippen molar-refractivity contribution in [1.29, 1.82) is 0 Å². The number of methoxy groups -OCH3 is 1. The quantitative estimate of drug-likeness (QED) is 0.763. The van der Waals surface area contributed by atoms with Crippen molar-refractivity contribution in [3.63, 3.8) is 0 Å². The van der Waals surface area contributed by atoms with Crippen molar-refractivity contribution >= 4 is 11.6 Å². The van der Waals surface area contributed by atoms with Crippen LogP contribution in [0, 0.1) is 0 Å². The molecular weight excluding hydrogens is 371 g/mol. The number of carbonyl (C=O) groups excluding carboxylic acids is 1. The summed E-state index contributed by atoms with van der Waals surface area (Å²) in [5.74, 6) is 0.133. The summed E-state index contributed by atoms with van der Waals surface area (Å²) in [7, 11) is 1.59. The topological polar surface area (TPSA) is 36.0 Å². The summed E-state index contributed by atoms with van der Waals surface area (Å²) in [5.41, 5.74) is 0.0133. The Morgan fingerprint density at radius 2 is 1.93 bits per heavy atom. The number of carbonyl (C=O) groups is 1. The summed E-state index contributed by atoms with van der Waals surface area (Å²) in [6.07, 6.45) is -1.87. The molecule has 2 heterocycles. The molecule has 0 saturated carbocycles. The van der Waals surface area contributed by atoms with Crippen LogP contribution in [-0.2, 0) is 15.7 Å². The average Bonchev–Trinajstić information content (AvgIpc) is 2.71. The Bertz CT molecular complexity index is 660. The van der Waals surface area contributed by atoms with E-state index in [2.05, 4.69) is 4.90 Å². The minimum Gasteiger partial charge on any atom is -0.384 e. The molecule has 2 fully saturated rings. The lowest BCUT2D eigenvalue weighted by Gasteiger charge is -2.44. The van der Waals surface area contributed by atoms with Crippen LogP contribution in [0.15, 0.2) is 24.3 Å². The molecule has 2 saturated heterocycles. The first kappa shape index (κ1) is 20.9. The number of nitrogens with zero attached hydrogens (tertiary/aromatic N) is 3.